The Labute approximate surface area is 153 Å². The van der Waals surface area contributed by atoms with Crippen LogP contribution in [0, 0.1) is 0 Å². The van der Waals surface area contributed by atoms with Crippen LogP contribution < -0.4 is 5.32 Å². The Morgan fingerprint density at radius 2 is 1.80 bits per heavy atom. The smallest absolute Gasteiger partial charge is 0.226 e. The number of hydrogen-bond donors (Lipinski definition) is 1. The molecule has 0 aliphatic rings. The van der Waals surface area contributed by atoms with Gasteiger partial charge in [0.25, 0.3) is 0 Å². The topological polar surface area (TPSA) is 76.1 Å². The van der Waals surface area contributed by atoms with Crippen LogP contribution >= 0.6 is 11.3 Å². The number of carbonyl (C=O) groups is 1. The molecule has 5 nitrogen and oxygen atoms in total. The van der Waals surface area contributed by atoms with E-state index in [-0.39, 0.29) is 10.8 Å². The zero-order valence-corrected chi connectivity index (χ0v) is 16.5. The molecule has 0 atom stereocenters. The lowest BCUT2D eigenvalue weighted by atomic mass is 10.1. The average molecular weight is 383 g/mol. The van der Waals surface area contributed by atoms with Crippen molar-refractivity contribution in [3.05, 3.63) is 18.2 Å². The fraction of sp³-hybridized carbons (Fsp3) is 0.556. The quantitative estimate of drug-likeness (QED) is 0.600. The Bertz CT molecular complexity index is 813. The molecule has 2 rings (SSSR count). The lowest BCUT2D eigenvalue weighted by Crippen LogP contribution is -2.10. The van der Waals surface area contributed by atoms with Gasteiger partial charge in [-0.1, -0.05) is 56.8 Å². The van der Waals surface area contributed by atoms with Crippen molar-refractivity contribution in [1.29, 1.82) is 0 Å². The minimum Gasteiger partial charge on any atom is -0.302 e. The van der Waals surface area contributed by atoms with Crippen LogP contribution in [-0.2, 0) is 14.6 Å². The first-order valence-electron chi connectivity index (χ1n) is 8.80. The first kappa shape index (κ1) is 19.8. The molecule has 0 saturated carbocycles. The van der Waals surface area contributed by atoms with Gasteiger partial charge >= 0.3 is 0 Å². The third-order valence-electron chi connectivity index (χ3n) is 4.04. The van der Waals surface area contributed by atoms with E-state index >= 15 is 0 Å². The molecule has 0 unspecified atom stereocenters. The predicted molar refractivity (Wildman–Crippen MR) is 104 cm³/mol. The maximum absolute atomic E-state index is 12.0. The van der Waals surface area contributed by atoms with Crippen LogP contribution in [0.25, 0.3) is 10.2 Å². The van der Waals surface area contributed by atoms with Crippen molar-refractivity contribution < 1.29 is 13.2 Å². The van der Waals surface area contributed by atoms with Gasteiger partial charge in [0.1, 0.15) is 0 Å². The summed E-state index contributed by atoms with van der Waals surface area (Å²) in [5.41, 5.74) is 0.698. The third kappa shape index (κ3) is 6.40. The molecule has 1 aromatic heterocycles. The van der Waals surface area contributed by atoms with Crippen molar-refractivity contribution in [2.75, 3.05) is 11.6 Å². The summed E-state index contributed by atoms with van der Waals surface area (Å²) in [4.78, 5) is 16.6. The standard InChI is InChI=1S/C18H26N2O3S2/c1-3-4-5-6-7-8-9-10-17(21)20-18-19-15-12-11-14(25(2,22)23)13-16(15)24-18/h11-13H,3-10H2,1-2H3,(H,19,20,21). The summed E-state index contributed by atoms with van der Waals surface area (Å²) in [6.07, 6.45) is 9.89. The highest BCUT2D eigenvalue weighted by Gasteiger charge is 2.12. The second kappa shape index (κ2) is 9.29. The van der Waals surface area contributed by atoms with E-state index in [1.807, 2.05) is 0 Å². The molecular formula is C18H26N2O3S2. The molecule has 1 heterocycles. The molecule has 0 saturated heterocycles. The lowest BCUT2D eigenvalue weighted by Gasteiger charge is -2.02. The average Bonchev–Trinajstić information content (AvgIpc) is 2.94. The van der Waals surface area contributed by atoms with Gasteiger partial charge in [0.2, 0.25) is 5.91 Å². The summed E-state index contributed by atoms with van der Waals surface area (Å²) >= 11 is 1.30. The van der Waals surface area contributed by atoms with Crippen LogP contribution in [0.1, 0.15) is 58.3 Å². The van der Waals surface area contributed by atoms with Crippen molar-refractivity contribution in [2.24, 2.45) is 0 Å². The number of hydrogen-bond acceptors (Lipinski definition) is 5. The normalized spacial score (nSPS) is 11.8. The van der Waals surface area contributed by atoms with Crippen molar-refractivity contribution in [3.63, 3.8) is 0 Å². The molecule has 1 N–H and O–H groups in total. The van der Waals surface area contributed by atoms with E-state index in [9.17, 15) is 13.2 Å². The highest BCUT2D eigenvalue weighted by molar-refractivity contribution is 7.90. The molecule has 2 aromatic rings. The molecule has 7 heteroatoms. The van der Waals surface area contributed by atoms with Gasteiger partial charge in [0.15, 0.2) is 15.0 Å². The fourth-order valence-electron chi connectivity index (χ4n) is 2.61. The molecule has 25 heavy (non-hydrogen) atoms. The number of thiazole rings is 1. The number of unbranched alkanes of at least 4 members (excludes halogenated alkanes) is 6. The lowest BCUT2D eigenvalue weighted by molar-refractivity contribution is -0.116. The summed E-state index contributed by atoms with van der Waals surface area (Å²) in [6.45, 7) is 2.20. The second-order valence-electron chi connectivity index (χ2n) is 6.34. The van der Waals surface area contributed by atoms with Crippen molar-refractivity contribution in [2.45, 2.75) is 63.2 Å². The van der Waals surface area contributed by atoms with Gasteiger partial charge in [-0.3, -0.25) is 4.79 Å². The number of amides is 1. The number of rotatable bonds is 10. The summed E-state index contributed by atoms with van der Waals surface area (Å²) in [7, 11) is -3.24. The molecule has 0 bridgehead atoms. The Hall–Kier alpha value is -1.47. The molecule has 0 aliphatic heterocycles. The van der Waals surface area contributed by atoms with Crippen molar-refractivity contribution in [3.8, 4) is 0 Å². The van der Waals surface area contributed by atoms with Gasteiger partial charge in [-0.2, -0.15) is 0 Å². The predicted octanol–water partition coefficient (Wildman–Crippen LogP) is 4.78. The van der Waals surface area contributed by atoms with Crippen LogP contribution in [0.15, 0.2) is 23.1 Å². The van der Waals surface area contributed by atoms with Gasteiger partial charge in [-0.05, 0) is 24.6 Å². The van der Waals surface area contributed by atoms with Gasteiger partial charge in [0.05, 0.1) is 15.1 Å². The van der Waals surface area contributed by atoms with Crippen LogP contribution in [-0.4, -0.2) is 25.6 Å². The van der Waals surface area contributed by atoms with Gasteiger partial charge in [0, 0.05) is 12.7 Å². The first-order valence-corrected chi connectivity index (χ1v) is 11.5. The molecule has 1 aromatic carbocycles. The van der Waals surface area contributed by atoms with Gasteiger partial charge in [-0.25, -0.2) is 13.4 Å². The van der Waals surface area contributed by atoms with E-state index in [0.717, 1.165) is 17.5 Å². The van der Waals surface area contributed by atoms with E-state index in [0.29, 0.717) is 17.1 Å². The summed E-state index contributed by atoms with van der Waals surface area (Å²) in [5, 5.41) is 3.34. The SMILES string of the molecule is CCCCCCCCCC(=O)Nc1nc2ccc(S(C)(=O)=O)cc2s1. The molecule has 138 valence electrons. The number of nitrogens with one attached hydrogen (secondary N) is 1. The highest BCUT2D eigenvalue weighted by Crippen LogP contribution is 2.28. The Morgan fingerprint density at radius 1 is 1.12 bits per heavy atom. The number of benzene rings is 1. The second-order valence-corrected chi connectivity index (χ2v) is 9.39. The maximum Gasteiger partial charge on any atom is 0.226 e. The van der Waals surface area contributed by atoms with Gasteiger partial charge in [-0.15, -0.1) is 0 Å². The number of carbonyl (C=O) groups excluding carboxylic acids is 1. The minimum absolute atomic E-state index is 0.0315. The van der Waals surface area contributed by atoms with E-state index in [1.54, 1.807) is 18.2 Å². The van der Waals surface area contributed by atoms with Crippen LogP contribution in [0.5, 0.6) is 0 Å². The third-order valence-corrected chi connectivity index (χ3v) is 6.09. The number of fused-ring (bicyclic) bond motifs is 1. The van der Waals surface area contributed by atoms with Crippen molar-refractivity contribution in [1.82, 2.24) is 4.98 Å². The Balaban J connectivity index is 1.83. The zero-order valence-electron chi connectivity index (χ0n) is 14.9. The number of aromatic nitrogens is 1. The van der Waals surface area contributed by atoms with E-state index < -0.39 is 9.84 Å². The van der Waals surface area contributed by atoms with Crippen LogP contribution in [0.2, 0.25) is 0 Å². The van der Waals surface area contributed by atoms with E-state index in [4.69, 9.17) is 0 Å². The summed E-state index contributed by atoms with van der Waals surface area (Å²) in [5.74, 6) is -0.0315. The number of sulfone groups is 1. The molecule has 1 amide bonds. The largest absolute Gasteiger partial charge is 0.302 e. The monoisotopic (exact) mass is 382 g/mol. The van der Waals surface area contributed by atoms with Crippen molar-refractivity contribution >= 4 is 42.4 Å². The van der Waals surface area contributed by atoms with E-state index in [1.165, 1.54) is 49.7 Å². The summed E-state index contributed by atoms with van der Waals surface area (Å²) in [6, 6.07) is 4.82. The molecule has 0 radical (unpaired) electrons. The highest BCUT2D eigenvalue weighted by atomic mass is 32.2. The summed E-state index contributed by atoms with van der Waals surface area (Å²) < 4.78 is 24.0. The zero-order chi connectivity index (χ0) is 18.3. The first-order chi connectivity index (χ1) is 11.9. The molecule has 0 fully saturated rings. The Kier molecular flexibility index (Phi) is 7.38. The molecule has 0 spiro atoms. The molecule has 0 aliphatic carbocycles. The molecular weight excluding hydrogens is 356 g/mol. The van der Waals surface area contributed by atoms with Crippen LogP contribution in [0.4, 0.5) is 5.13 Å². The van der Waals surface area contributed by atoms with E-state index in [2.05, 4.69) is 17.2 Å². The number of nitrogens with zero attached hydrogens (tertiary/aromatic N) is 1. The fourth-order valence-corrected chi connectivity index (χ4v) is 4.26. The Morgan fingerprint density at radius 3 is 2.48 bits per heavy atom. The van der Waals surface area contributed by atoms with Crippen LogP contribution in [0.3, 0.4) is 0 Å². The minimum atomic E-state index is -3.24. The van der Waals surface area contributed by atoms with Gasteiger partial charge < -0.3 is 5.32 Å². The number of anilines is 1. The maximum atomic E-state index is 12.0.